The van der Waals surface area contributed by atoms with Crippen molar-refractivity contribution in [3.63, 3.8) is 0 Å². The zero-order chi connectivity index (χ0) is 31.3. The Bertz CT molecular complexity index is 1220. The first-order chi connectivity index (χ1) is 21.5. The van der Waals surface area contributed by atoms with Gasteiger partial charge in [0.15, 0.2) is 12.6 Å². The standard InChI is InChI=1S/C30H44N2O4S6Si2/c1-5-33-29(34-6-2)25(43)19(27-31-21-13-9-11-15-23(21)39-27)17-37-41-42-38-18-20(26(44)30(35-7-3)36-8-4)28-32-22-14-10-12-16-24(22)40-28/h9-16,19-20,25-26,29-30H,5-8,17-18H2,1-4,43-44H3. The second-order valence-corrected chi connectivity index (χ2v) is 21.1. The number of aromatic nitrogens is 2. The van der Waals surface area contributed by atoms with Crippen LogP contribution in [0.3, 0.4) is 0 Å². The van der Waals surface area contributed by atoms with Crippen LogP contribution < -0.4 is 0 Å². The van der Waals surface area contributed by atoms with E-state index in [0.717, 1.165) is 43.0 Å². The monoisotopic (exact) mass is 744 g/mol. The van der Waals surface area contributed by atoms with Crippen molar-refractivity contribution >= 4 is 105 Å². The van der Waals surface area contributed by atoms with Crippen LogP contribution in [0.25, 0.3) is 20.4 Å². The minimum absolute atomic E-state index is 0.190. The van der Waals surface area contributed by atoms with Gasteiger partial charge in [-0.15, -0.1) is 22.7 Å². The number of hydrogen-bond acceptors (Lipinski definition) is 12. The SMILES string of the molecule is CCOC(OCC)C([SiH3])C(CSSSSCC(c1nc2ccccc2s1)C([SiH3])C(OCC)OCC)c1nc2ccccc2s1. The topological polar surface area (TPSA) is 62.7 Å². The van der Waals surface area contributed by atoms with E-state index in [2.05, 4.69) is 48.5 Å². The summed E-state index contributed by atoms with van der Waals surface area (Å²) in [5, 5.41) is 2.38. The molecule has 0 bridgehead atoms. The fourth-order valence-corrected chi connectivity index (χ4v) is 17.3. The molecule has 14 heteroatoms. The van der Waals surface area contributed by atoms with Gasteiger partial charge in [0, 0.05) is 81.3 Å². The summed E-state index contributed by atoms with van der Waals surface area (Å²) in [5.74, 6) is 2.49. The molecule has 4 rings (SSSR count). The van der Waals surface area contributed by atoms with Crippen LogP contribution in [-0.2, 0) is 18.9 Å². The number of rotatable bonds is 21. The van der Waals surface area contributed by atoms with Gasteiger partial charge in [0.2, 0.25) is 0 Å². The Morgan fingerprint density at radius 3 is 1.32 bits per heavy atom. The fourth-order valence-electron chi connectivity index (χ4n) is 4.97. The molecule has 0 spiro atoms. The molecule has 0 N–H and O–H groups in total. The Balaban J connectivity index is 1.41. The van der Waals surface area contributed by atoms with Crippen LogP contribution >= 0.6 is 63.9 Å². The molecule has 0 aliphatic carbocycles. The Morgan fingerprint density at radius 1 is 0.614 bits per heavy atom. The van der Waals surface area contributed by atoms with Crippen molar-refractivity contribution in [3.05, 3.63) is 58.5 Å². The minimum Gasteiger partial charge on any atom is -0.353 e. The second kappa shape index (κ2) is 19.7. The first kappa shape index (κ1) is 36.7. The molecule has 2 heterocycles. The maximum atomic E-state index is 6.07. The molecule has 0 saturated carbocycles. The molecule has 4 aromatic rings. The number of benzene rings is 2. The van der Waals surface area contributed by atoms with E-state index in [9.17, 15) is 0 Å². The summed E-state index contributed by atoms with van der Waals surface area (Å²) in [5.41, 5.74) is 2.78. The van der Waals surface area contributed by atoms with Crippen molar-refractivity contribution in [2.24, 2.45) is 0 Å². The maximum Gasteiger partial charge on any atom is 0.157 e. The average molecular weight is 745 g/mol. The first-order valence-corrected chi connectivity index (χ1v) is 24.3. The zero-order valence-electron chi connectivity index (χ0n) is 26.3. The van der Waals surface area contributed by atoms with Gasteiger partial charge in [-0.2, -0.15) is 0 Å². The Labute approximate surface area is 291 Å². The van der Waals surface area contributed by atoms with E-state index in [1.807, 2.05) is 91.6 Å². The molecule has 6 nitrogen and oxygen atoms in total. The van der Waals surface area contributed by atoms with Crippen molar-refractivity contribution in [1.29, 1.82) is 0 Å². The lowest BCUT2D eigenvalue weighted by molar-refractivity contribution is -0.140. The number of para-hydroxylation sites is 2. The highest BCUT2D eigenvalue weighted by Gasteiger charge is 2.32. The van der Waals surface area contributed by atoms with Crippen LogP contribution in [0.1, 0.15) is 49.5 Å². The van der Waals surface area contributed by atoms with Gasteiger partial charge >= 0.3 is 0 Å². The van der Waals surface area contributed by atoms with E-state index >= 15 is 0 Å². The molecule has 0 fully saturated rings. The molecule has 4 unspecified atom stereocenters. The normalized spacial score (nSPS) is 15.1. The molecule has 4 atom stereocenters. The van der Waals surface area contributed by atoms with Crippen molar-refractivity contribution in [3.8, 4) is 0 Å². The van der Waals surface area contributed by atoms with Gasteiger partial charge < -0.3 is 18.9 Å². The maximum absolute atomic E-state index is 6.07. The molecule has 44 heavy (non-hydrogen) atoms. The largest absolute Gasteiger partial charge is 0.353 e. The lowest BCUT2D eigenvalue weighted by Gasteiger charge is -2.29. The summed E-state index contributed by atoms with van der Waals surface area (Å²) in [6.07, 6.45) is -0.379. The Kier molecular flexibility index (Phi) is 16.4. The predicted octanol–water partition coefficient (Wildman–Crippen LogP) is 7.56. The zero-order valence-corrected chi connectivity index (χ0v) is 35.2. The minimum atomic E-state index is -0.190. The van der Waals surface area contributed by atoms with E-state index in [-0.39, 0.29) is 24.4 Å². The van der Waals surface area contributed by atoms with E-state index in [0.29, 0.717) is 37.5 Å². The van der Waals surface area contributed by atoms with Crippen molar-refractivity contribution in [2.45, 2.75) is 63.2 Å². The summed E-state index contributed by atoms with van der Waals surface area (Å²) in [6.45, 7) is 10.8. The molecular formula is C30H44N2O4S6Si2. The molecule has 0 aliphatic rings. The van der Waals surface area contributed by atoms with Gasteiger partial charge in [-0.1, -0.05) is 45.9 Å². The van der Waals surface area contributed by atoms with E-state index in [1.54, 1.807) is 0 Å². The van der Waals surface area contributed by atoms with Gasteiger partial charge in [-0.05, 0) is 71.6 Å². The summed E-state index contributed by atoms with van der Waals surface area (Å²) in [4.78, 5) is 10.1. The van der Waals surface area contributed by atoms with Crippen molar-refractivity contribution in [1.82, 2.24) is 9.97 Å². The number of ether oxygens (including phenoxy) is 4. The summed E-state index contributed by atoms with van der Waals surface area (Å²) in [7, 11) is 9.47. The molecule has 242 valence electrons. The second-order valence-electron chi connectivity index (χ2n) is 10.2. The van der Waals surface area contributed by atoms with Crippen molar-refractivity contribution < 1.29 is 18.9 Å². The van der Waals surface area contributed by atoms with E-state index < -0.39 is 0 Å². The van der Waals surface area contributed by atoms with Gasteiger partial charge in [0.05, 0.1) is 30.4 Å². The molecule has 0 amide bonds. The highest BCUT2D eigenvalue weighted by Crippen LogP contribution is 2.50. The lowest BCUT2D eigenvalue weighted by Crippen LogP contribution is -2.29. The average Bonchev–Trinajstić information content (AvgIpc) is 3.66. The molecule has 2 aromatic carbocycles. The molecule has 2 aromatic heterocycles. The number of nitrogens with zero attached hydrogens (tertiary/aromatic N) is 2. The summed E-state index contributed by atoms with van der Waals surface area (Å²) >= 11 is 3.62. The van der Waals surface area contributed by atoms with Crippen molar-refractivity contribution in [2.75, 3.05) is 37.9 Å². The van der Waals surface area contributed by atoms with Crippen LogP contribution in [0.2, 0.25) is 11.1 Å². The third-order valence-corrected chi connectivity index (χ3v) is 18.9. The van der Waals surface area contributed by atoms with Gasteiger partial charge in [-0.25, -0.2) is 9.97 Å². The lowest BCUT2D eigenvalue weighted by atomic mass is 10.1. The first-order valence-electron chi connectivity index (χ1n) is 15.3. The van der Waals surface area contributed by atoms with Gasteiger partial charge in [0.25, 0.3) is 0 Å². The van der Waals surface area contributed by atoms with Crippen LogP contribution in [0.4, 0.5) is 0 Å². The van der Waals surface area contributed by atoms with Crippen LogP contribution in [0, 0.1) is 0 Å². The Morgan fingerprint density at radius 2 is 0.977 bits per heavy atom. The molecule has 0 radical (unpaired) electrons. The smallest absolute Gasteiger partial charge is 0.157 e. The van der Waals surface area contributed by atoms with Crippen LogP contribution in [-0.4, -0.2) is 81.0 Å². The Hall–Kier alpha value is -0.106. The number of hydrogen-bond donors (Lipinski definition) is 0. The highest BCUT2D eigenvalue weighted by molar-refractivity contribution is 9.26. The van der Waals surface area contributed by atoms with Gasteiger partial charge in [0.1, 0.15) is 0 Å². The highest BCUT2D eigenvalue weighted by atomic mass is 33.7. The van der Waals surface area contributed by atoms with Gasteiger partial charge in [-0.3, -0.25) is 0 Å². The fraction of sp³-hybridized carbons (Fsp3) is 0.533. The third kappa shape index (κ3) is 10.2. The molecule has 0 aliphatic heterocycles. The third-order valence-electron chi connectivity index (χ3n) is 7.33. The predicted molar refractivity (Wildman–Crippen MR) is 206 cm³/mol. The van der Waals surface area contributed by atoms with E-state index in [1.165, 1.54) is 19.4 Å². The quantitative estimate of drug-likeness (QED) is 0.0370. The van der Waals surface area contributed by atoms with E-state index in [4.69, 9.17) is 28.9 Å². The molecule has 0 saturated heterocycles. The van der Waals surface area contributed by atoms with Crippen LogP contribution in [0.15, 0.2) is 48.5 Å². The summed E-state index contributed by atoms with van der Waals surface area (Å²) < 4.78 is 26.8. The molecular weight excluding hydrogens is 701 g/mol. The number of thiazole rings is 2. The summed E-state index contributed by atoms with van der Waals surface area (Å²) in [6, 6.07) is 16.9. The number of fused-ring (bicyclic) bond motifs is 2. The van der Waals surface area contributed by atoms with Crippen LogP contribution in [0.5, 0.6) is 0 Å².